The fraction of sp³-hybridized carbons (Fsp3) is 0.875. The van der Waals surface area contributed by atoms with Crippen molar-refractivity contribution in [2.45, 2.75) is 39.0 Å². The smallest absolute Gasteiger partial charge is 0.0650 e. The van der Waals surface area contributed by atoms with Gasteiger partial charge in [0.2, 0.25) is 0 Å². The van der Waals surface area contributed by atoms with Crippen LogP contribution in [0.3, 0.4) is 0 Å². The van der Waals surface area contributed by atoms with Gasteiger partial charge in [0.05, 0.1) is 19.3 Å². The first-order valence-electron chi connectivity index (χ1n) is 3.75. The minimum atomic E-state index is 1.03. The van der Waals surface area contributed by atoms with Crippen molar-refractivity contribution >= 4 is 0 Å². The van der Waals surface area contributed by atoms with Crippen molar-refractivity contribution in [1.29, 1.82) is 0 Å². The molecule has 0 aromatic carbocycles. The first-order valence-corrected chi connectivity index (χ1v) is 3.75. The predicted molar refractivity (Wildman–Crippen MR) is 36.5 cm³/mol. The lowest BCUT2D eigenvalue weighted by molar-refractivity contribution is 0.403. The summed E-state index contributed by atoms with van der Waals surface area (Å²) in [5.41, 5.74) is 0. The normalized spacial score (nSPS) is 29.4. The molecular weight excluding hydrogens is 96.1 g/mol. The molecule has 0 N–H and O–H groups in total. The Morgan fingerprint density at radius 2 is 2.50 bits per heavy atom. The predicted octanol–water partition coefficient (Wildman–Crippen LogP) is 2.79. The summed E-state index contributed by atoms with van der Waals surface area (Å²) in [5.74, 6) is 1.03. The largest absolute Gasteiger partial charge is 0.0903 e. The van der Waals surface area contributed by atoms with Gasteiger partial charge in [0, 0.05) is 0 Å². The topological polar surface area (TPSA) is 0 Å². The van der Waals surface area contributed by atoms with E-state index in [1.165, 1.54) is 32.1 Å². The van der Waals surface area contributed by atoms with Crippen LogP contribution in [-0.4, -0.2) is 0 Å². The van der Waals surface area contributed by atoms with Crippen LogP contribution in [0.1, 0.15) is 39.0 Å². The maximum Gasteiger partial charge on any atom is 0.0903 e. The van der Waals surface area contributed by atoms with Gasteiger partial charge < -0.3 is 0 Å². The first kappa shape index (κ1) is 6.00. The summed E-state index contributed by atoms with van der Waals surface area (Å²) >= 11 is 0. The number of rotatable bonds is 1. The highest BCUT2D eigenvalue weighted by Crippen LogP contribution is 2.24. The van der Waals surface area contributed by atoms with Crippen molar-refractivity contribution < 1.29 is 0 Å². The minimum absolute atomic E-state index is 1.03. The molecule has 46 valence electrons. The molecule has 0 radical (unpaired) electrons. The second kappa shape index (κ2) is 3.01. The summed E-state index contributed by atoms with van der Waals surface area (Å²) in [6.45, 7) is 2.30. The molecule has 0 aromatic heterocycles. The Kier molecular flexibility index (Phi) is 2.26. The van der Waals surface area contributed by atoms with E-state index in [0.717, 1.165) is 5.92 Å². The molecule has 0 heteroatoms. The Labute approximate surface area is 52.3 Å². The van der Waals surface area contributed by atoms with E-state index in [1.807, 2.05) is 0 Å². The molecule has 8 heavy (non-hydrogen) atoms. The van der Waals surface area contributed by atoms with E-state index in [-0.39, 0.29) is 0 Å². The van der Waals surface area contributed by atoms with Crippen LogP contribution < -0.4 is 0 Å². The zero-order valence-electron chi connectivity index (χ0n) is 5.69. The van der Waals surface area contributed by atoms with Crippen molar-refractivity contribution in [1.82, 2.24) is 0 Å². The molecule has 1 fully saturated rings. The molecule has 0 spiro atoms. The molecule has 1 saturated carbocycles. The summed E-state index contributed by atoms with van der Waals surface area (Å²) in [7, 11) is 0. The van der Waals surface area contributed by atoms with Crippen LogP contribution in [0.2, 0.25) is 0 Å². The van der Waals surface area contributed by atoms with Crippen LogP contribution >= 0.6 is 0 Å². The molecule has 1 aliphatic carbocycles. The van der Waals surface area contributed by atoms with Gasteiger partial charge in [-0.15, -0.1) is 0 Å². The van der Waals surface area contributed by atoms with Crippen LogP contribution in [0.25, 0.3) is 0 Å². The molecular formula is C8H15+. The van der Waals surface area contributed by atoms with Gasteiger partial charge in [0.15, 0.2) is 0 Å². The van der Waals surface area contributed by atoms with E-state index in [2.05, 4.69) is 13.3 Å². The van der Waals surface area contributed by atoms with Gasteiger partial charge in [-0.3, -0.25) is 0 Å². The van der Waals surface area contributed by atoms with E-state index in [1.54, 1.807) is 0 Å². The van der Waals surface area contributed by atoms with Crippen molar-refractivity contribution in [3.05, 3.63) is 6.42 Å². The van der Waals surface area contributed by atoms with Gasteiger partial charge in [-0.05, 0) is 25.2 Å². The van der Waals surface area contributed by atoms with Gasteiger partial charge in [-0.2, -0.15) is 0 Å². The Hall–Kier alpha value is -0.130. The van der Waals surface area contributed by atoms with Crippen LogP contribution in [0.4, 0.5) is 0 Å². The molecule has 1 rings (SSSR count). The molecule has 0 saturated heterocycles. The summed E-state index contributed by atoms with van der Waals surface area (Å²) in [6.07, 6.45) is 9.51. The van der Waals surface area contributed by atoms with Gasteiger partial charge in [-0.25, -0.2) is 0 Å². The maximum atomic E-state index is 2.44. The number of hydrogen-bond donors (Lipinski definition) is 0. The van der Waals surface area contributed by atoms with Gasteiger partial charge >= 0.3 is 0 Å². The SMILES string of the molecule is CCC1C[CH+]CCC1. The third-order valence-corrected chi connectivity index (χ3v) is 2.10. The Bertz CT molecular complexity index is 51.1. The molecule has 0 heterocycles. The first-order chi connectivity index (χ1) is 3.93. The van der Waals surface area contributed by atoms with Gasteiger partial charge in [0.25, 0.3) is 0 Å². The average Bonchev–Trinajstić information content (AvgIpc) is 1.90. The molecule has 0 bridgehead atoms. The fourth-order valence-corrected chi connectivity index (χ4v) is 1.39. The van der Waals surface area contributed by atoms with Crippen LogP contribution in [0.15, 0.2) is 0 Å². The highest BCUT2D eigenvalue weighted by Gasteiger charge is 2.16. The van der Waals surface area contributed by atoms with Gasteiger partial charge in [0.1, 0.15) is 0 Å². The van der Waals surface area contributed by atoms with Crippen molar-refractivity contribution in [3.8, 4) is 0 Å². The lowest BCUT2D eigenvalue weighted by Gasteiger charge is -2.12. The van der Waals surface area contributed by atoms with E-state index >= 15 is 0 Å². The second-order valence-electron chi connectivity index (χ2n) is 2.73. The lowest BCUT2D eigenvalue weighted by atomic mass is 9.88. The molecule has 0 aliphatic heterocycles. The van der Waals surface area contributed by atoms with Crippen LogP contribution in [-0.2, 0) is 0 Å². The average molecular weight is 111 g/mol. The lowest BCUT2D eigenvalue weighted by Crippen LogP contribution is -2.04. The van der Waals surface area contributed by atoms with Crippen molar-refractivity contribution in [2.24, 2.45) is 5.92 Å². The van der Waals surface area contributed by atoms with E-state index in [0.29, 0.717) is 0 Å². The Morgan fingerprint density at radius 3 is 2.88 bits per heavy atom. The van der Waals surface area contributed by atoms with E-state index in [9.17, 15) is 0 Å². The van der Waals surface area contributed by atoms with E-state index in [4.69, 9.17) is 0 Å². The molecule has 0 nitrogen and oxygen atoms in total. The molecule has 1 unspecified atom stereocenters. The molecule has 0 amide bonds. The molecule has 1 atom stereocenters. The second-order valence-corrected chi connectivity index (χ2v) is 2.73. The summed E-state index contributed by atoms with van der Waals surface area (Å²) in [4.78, 5) is 0. The summed E-state index contributed by atoms with van der Waals surface area (Å²) in [5, 5.41) is 0. The van der Waals surface area contributed by atoms with Crippen LogP contribution in [0, 0.1) is 12.3 Å². The molecule has 1 aliphatic rings. The van der Waals surface area contributed by atoms with Crippen molar-refractivity contribution in [3.63, 3.8) is 0 Å². The minimum Gasteiger partial charge on any atom is -0.0650 e. The standard InChI is InChI=1S/C8H15/c1-2-8-6-4-3-5-7-8/h4,8H,2-3,5-7H2,1H3/q+1. The fourth-order valence-electron chi connectivity index (χ4n) is 1.39. The third kappa shape index (κ3) is 1.43. The highest BCUT2D eigenvalue weighted by molar-refractivity contribution is 4.76. The summed E-state index contributed by atoms with van der Waals surface area (Å²) < 4.78 is 0. The maximum absolute atomic E-state index is 2.44. The zero-order chi connectivity index (χ0) is 5.82. The van der Waals surface area contributed by atoms with Gasteiger partial charge in [-0.1, -0.05) is 6.92 Å². The highest BCUT2D eigenvalue weighted by atomic mass is 14.2. The van der Waals surface area contributed by atoms with Crippen LogP contribution in [0.5, 0.6) is 0 Å². The Morgan fingerprint density at radius 1 is 1.62 bits per heavy atom. The number of hydrogen-bond acceptors (Lipinski definition) is 0. The quantitative estimate of drug-likeness (QED) is 0.456. The van der Waals surface area contributed by atoms with E-state index < -0.39 is 0 Å². The molecule has 0 aromatic rings. The third-order valence-electron chi connectivity index (χ3n) is 2.10. The monoisotopic (exact) mass is 111 g/mol. The Balaban J connectivity index is 2.13. The van der Waals surface area contributed by atoms with Crippen molar-refractivity contribution in [2.75, 3.05) is 0 Å². The summed E-state index contributed by atoms with van der Waals surface area (Å²) in [6, 6.07) is 0. The zero-order valence-corrected chi connectivity index (χ0v) is 5.69.